The van der Waals surface area contributed by atoms with Crippen molar-refractivity contribution in [2.75, 3.05) is 0 Å². The molecule has 66 valence electrons. The lowest BCUT2D eigenvalue weighted by molar-refractivity contribution is 0.208. The lowest BCUT2D eigenvalue weighted by Gasteiger charge is -2.03. The van der Waals surface area contributed by atoms with Crippen LogP contribution in [0.1, 0.15) is 46.0 Å². The van der Waals surface area contributed by atoms with Crippen molar-refractivity contribution in [3.05, 3.63) is 12.2 Å². The molecule has 1 nitrogen and oxygen atoms in total. The summed E-state index contributed by atoms with van der Waals surface area (Å²) in [5, 5.41) is 9.26. The monoisotopic (exact) mass is 156 g/mol. The zero-order chi connectivity index (χ0) is 8.53. The molecule has 0 aliphatic heterocycles. The maximum atomic E-state index is 9.26. The van der Waals surface area contributed by atoms with Gasteiger partial charge in [-0.05, 0) is 13.3 Å². The fourth-order valence-corrected chi connectivity index (χ4v) is 1.10. The van der Waals surface area contributed by atoms with Gasteiger partial charge in [0.2, 0.25) is 0 Å². The smallest absolute Gasteiger partial charge is 0.0720 e. The second-order valence-corrected chi connectivity index (χ2v) is 2.94. The van der Waals surface area contributed by atoms with E-state index in [9.17, 15) is 5.11 Å². The van der Waals surface area contributed by atoms with Crippen LogP contribution in [0.5, 0.6) is 0 Å². The van der Waals surface area contributed by atoms with E-state index in [0.717, 1.165) is 12.8 Å². The summed E-state index contributed by atoms with van der Waals surface area (Å²) in [5.41, 5.74) is 0. The van der Waals surface area contributed by atoms with Gasteiger partial charge in [0.15, 0.2) is 0 Å². The molecule has 1 atom stereocenters. The number of unbranched alkanes of at least 4 members (excludes halogenated alkanes) is 3. The molecular weight excluding hydrogens is 136 g/mol. The van der Waals surface area contributed by atoms with Gasteiger partial charge in [-0.3, -0.25) is 0 Å². The predicted molar refractivity (Wildman–Crippen MR) is 49.6 cm³/mol. The highest BCUT2D eigenvalue weighted by Crippen LogP contribution is 2.05. The van der Waals surface area contributed by atoms with Crippen LogP contribution in [0.25, 0.3) is 0 Å². The molecule has 11 heavy (non-hydrogen) atoms. The first-order chi connectivity index (χ1) is 5.31. The zero-order valence-corrected chi connectivity index (χ0v) is 7.71. The summed E-state index contributed by atoms with van der Waals surface area (Å²) in [4.78, 5) is 0. The summed E-state index contributed by atoms with van der Waals surface area (Å²) in [5.74, 6) is 0. The molecular formula is C10H20O. The van der Waals surface area contributed by atoms with E-state index in [-0.39, 0.29) is 6.10 Å². The van der Waals surface area contributed by atoms with Crippen molar-refractivity contribution < 1.29 is 5.11 Å². The van der Waals surface area contributed by atoms with Crippen LogP contribution in [0.3, 0.4) is 0 Å². The molecule has 0 spiro atoms. The van der Waals surface area contributed by atoms with Crippen LogP contribution < -0.4 is 0 Å². The fourth-order valence-electron chi connectivity index (χ4n) is 1.10. The van der Waals surface area contributed by atoms with Gasteiger partial charge in [0.05, 0.1) is 6.10 Å². The molecule has 1 heteroatoms. The molecule has 1 N–H and O–H groups in total. The van der Waals surface area contributed by atoms with Gasteiger partial charge < -0.3 is 5.11 Å². The molecule has 0 unspecified atom stereocenters. The van der Waals surface area contributed by atoms with Crippen LogP contribution in [0.2, 0.25) is 0 Å². The highest BCUT2D eigenvalue weighted by Gasteiger charge is 1.96. The molecule has 0 saturated carbocycles. The Hall–Kier alpha value is -0.300. The van der Waals surface area contributed by atoms with Crippen LogP contribution >= 0.6 is 0 Å². The van der Waals surface area contributed by atoms with Gasteiger partial charge in [0.1, 0.15) is 0 Å². The molecule has 0 heterocycles. The van der Waals surface area contributed by atoms with E-state index in [1.165, 1.54) is 19.3 Å². The summed E-state index contributed by atoms with van der Waals surface area (Å²) >= 11 is 0. The summed E-state index contributed by atoms with van der Waals surface area (Å²) in [7, 11) is 0. The first kappa shape index (κ1) is 10.7. The first-order valence-corrected chi connectivity index (χ1v) is 4.62. The molecule has 0 aromatic carbocycles. The maximum Gasteiger partial charge on any atom is 0.0720 e. The third kappa shape index (κ3) is 7.60. The molecule has 0 aliphatic rings. The Labute approximate surface area is 70.1 Å². The molecule has 0 aliphatic carbocycles. The number of allylic oxidation sites excluding steroid dienone is 1. The summed E-state index contributed by atoms with van der Waals surface area (Å²) in [6, 6.07) is 0. The van der Waals surface area contributed by atoms with Crippen molar-refractivity contribution >= 4 is 0 Å². The second kappa shape index (κ2) is 7.80. The van der Waals surface area contributed by atoms with Crippen LogP contribution in [0.4, 0.5) is 0 Å². The van der Waals surface area contributed by atoms with Crippen molar-refractivity contribution in [1.29, 1.82) is 0 Å². The number of aliphatic hydroxyl groups is 1. The van der Waals surface area contributed by atoms with E-state index in [2.05, 4.69) is 6.92 Å². The third-order valence-corrected chi connectivity index (χ3v) is 1.77. The zero-order valence-electron chi connectivity index (χ0n) is 7.71. The van der Waals surface area contributed by atoms with E-state index in [4.69, 9.17) is 0 Å². The quantitative estimate of drug-likeness (QED) is 0.463. The Balaban J connectivity index is 3.10. The van der Waals surface area contributed by atoms with Gasteiger partial charge >= 0.3 is 0 Å². The highest BCUT2D eigenvalue weighted by atomic mass is 16.3. The Morgan fingerprint density at radius 3 is 2.55 bits per heavy atom. The van der Waals surface area contributed by atoms with Gasteiger partial charge in [0, 0.05) is 0 Å². The molecule has 0 amide bonds. The normalized spacial score (nSPS) is 14.1. The number of rotatable bonds is 6. The first-order valence-electron chi connectivity index (χ1n) is 4.62. The van der Waals surface area contributed by atoms with E-state index in [1.54, 1.807) is 0 Å². The van der Waals surface area contributed by atoms with E-state index in [1.807, 2.05) is 19.1 Å². The van der Waals surface area contributed by atoms with Gasteiger partial charge in [-0.15, -0.1) is 0 Å². The van der Waals surface area contributed by atoms with E-state index in [0.29, 0.717) is 0 Å². The van der Waals surface area contributed by atoms with Crippen molar-refractivity contribution in [1.82, 2.24) is 0 Å². The molecule has 0 aromatic heterocycles. The van der Waals surface area contributed by atoms with Crippen LogP contribution in [-0.2, 0) is 0 Å². The second-order valence-electron chi connectivity index (χ2n) is 2.94. The minimum Gasteiger partial charge on any atom is -0.389 e. The predicted octanol–water partition coefficient (Wildman–Crippen LogP) is 2.89. The van der Waals surface area contributed by atoms with Crippen molar-refractivity contribution in [2.45, 2.75) is 52.1 Å². The fraction of sp³-hybridized carbons (Fsp3) is 0.800. The third-order valence-electron chi connectivity index (χ3n) is 1.77. The maximum absolute atomic E-state index is 9.26. The SMILES string of the molecule is CC=C[C@@H](O)CCCCCC. The lowest BCUT2D eigenvalue weighted by Crippen LogP contribution is -2.00. The Morgan fingerprint density at radius 1 is 1.27 bits per heavy atom. The molecule has 0 bridgehead atoms. The minimum atomic E-state index is -0.211. The summed E-state index contributed by atoms with van der Waals surface area (Å²) < 4.78 is 0. The highest BCUT2D eigenvalue weighted by molar-refractivity contribution is 4.84. The van der Waals surface area contributed by atoms with Crippen molar-refractivity contribution in [3.8, 4) is 0 Å². The number of aliphatic hydroxyl groups excluding tert-OH is 1. The molecule has 0 aromatic rings. The average Bonchev–Trinajstić information content (AvgIpc) is 1.99. The van der Waals surface area contributed by atoms with Crippen molar-refractivity contribution in [3.63, 3.8) is 0 Å². The van der Waals surface area contributed by atoms with Gasteiger partial charge in [-0.1, -0.05) is 44.8 Å². The molecule has 0 fully saturated rings. The van der Waals surface area contributed by atoms with Gasteiger partial charge in [-0.25, -0.2) is 0 Å². The van der Waals surface area contributed by atoms with E-state index >= 15 is 0 Å². The molecule has 0 rings (SSSR count). The number of hydrogen-bond donors (Lipinski definition) is 1. The van der Waals surface area contributed by atoms with Gasteiger partial charge in [0.25, 0.3) is 0 Å². The van der Waals surface area contributed by atoms with Crippen LogP contribution in [0, 0.1) is 0 Å². The average molecular weight is 156 g/mol. The van der Waals surface area contributed by atoms with Crippen molar-refractivity contribution in [2.24, 2.45) is 0 Å². The Bertz CT molecular complexity index is 97.0. The van der Waals surface area contributed by atoms with Crippen LogP contribution in [0.15, 0.2) is 12.2 Å². The number of hydrogen-bond acceptors (Lipinski definition) is 1. The summed E-state index contributed by atoms with van der Waals surface area (Å²) in [6.45, 7) is 4.14. The Morgan fingerprint density at radius 2 is 2.00 bits per heavy atom. The Kier molecular flexibility index (Phi) is 7.59. The van der Waals surface area contributed by atoms with E-state index < -0.39 is 0 Å². The lowest BCUT2D eigenvalue weighted by atomic mass is 10.1. The van der Waals surface area contributed by atoms with Crippen LogP contribution in [-0.4, -0.2) is 11.2 Å². The topological polar surface area (TPSA) is 20.2 Å². The molecule has 0 radical (unpaired) electrons. The summed E-state index contributed by atoms with van der Waals surface area (Å²) in [6.07, 6.45) is 9.44. The standard InChI is InChI=1S/C10H20O/c1-3-5-6-7-9-10(11)8-4-2/h4,8,10-11H,3,5-7,9H2,1-2H3/t10-/m1/s1. The molecule has 0 saturated heterocycles. The minimum absolute atomic E-state index is 0.211. The van der Waals surface area contributed by atoms with Gasteiger partial charge in [-0.2, -0.15) is 0 Å². The largest absolute Gasteiger partial charge is 0.389 e.